The SMILES string of the molecule is CC[C@@H](O)c1ccc(N)cc1. The highest BCUT2D eigenvalue weighted by Gasteiger charge is 2.02. The molecule has 0 saturated heterocycles. The Morgan fingerprint density at radius 3 is 2.36 bits per heavy atom. The van der Waals surface area contributed by atoms with E-state index in [0.717, 1.165) is 17.7 Å². The van der Waals surface area contributed by atoms with Crippen LogP contribution in [0.2, 0.25) is 0 Å². The van der Waals surface area contributed by atoms with Gasteiger partial charge in [-0.1, -0.05) is 19.1 Å². The number of nitrogen functional groups attached to an aromatic ring is 1. The second-order valence-corrected chi connectivity index (χ2v) is 2.59. The summed E-state index contributed by atoms with van der Waals surface area (Å²) in [6.07, 6.45) is 0.389. The van der Waals surface area contributed by atoms with Crippen LogP contribution in [0.4, 0.5) is 5.69 Å². The van der Waals surface area contributed by atoms with Crippen molar-refractivity contribution in [3.05, 3.63) is 29.8 Å². The van der Waals surface area contributed by atoms with Gasteiger partial charge in [0.1, 0.15) is 0 Å². The Labute approximate surface area is 66.7 Å². The van der Waals surface area contributed by atoms with Crippen molar-refractivity contribution in [2.45, 2.75) is 19.4 Å². The average Bonchev–Trinajstić information content (AvgIpc) is 2.05. The van der Waals surface area contributed by atoms with Gasteiger partial charge in [-0.25, -0.2) is 0 Å². The van der Waals surface area contributed by atoms with Crippen molar-refractivity contribution >= 4 is 5.69 Å². The van der Waals surface area contributed by atoms with Gasteiger partial charge in [0.15, 0.2) is 0 Å². The third-order valence-corrected chi connectivity index (χ3v) is 1.71. The molecule has 0 aromatic heterocycles. The van der Waals surface area contributed by atoms with Gasteiger partial charge in [-0.15, -0.1) is 0 Å². The van der Waals surface area contributed by atoms with E-state index < -0.39 is 0 Å². The fourth-order valence-electron chi connectivity index (χ4n) is 0.954. The molecule has 2 nitrogen and oxygen atoms in total. The van der Waals surface area contributed by atoms with Crippen LogP contribution in [0.1, 0.15) is 25.0 Å². The maximum absolute atomic E-state index is 9.38. The maximum Gasteiger partial charge on any atom is 0.0787 e. The minimum absolute atomic E-state index is 0.351. The highest BCUT2D eigenvalue weighted by atomic mass is 16.3. The first-order chi connectivity index (χ1) is 5.24. The van der Waals surface area contributed by atoms with Crippen molar-refractivity contribution in [3.8, 4) is 0 Å². The summed E-state index contributed by atoms with van der Waals surface area (Å²) < 4.78 is 0. The molecule has 2 heteroatoms. The Hall–Kier alpha value is -1.02. The van der Waals surface area contributed by atoms with Crippen LogP contribution >= 0.6 is 0 Å². The van der Waals surface area contributed by atoms with E-state index >= 15 is 0 Å². The highest BCUT2D eigenvalue weighted by Crippen LogP contribution is 2.16. The number of aliphatic hydroxyl groups is 1. The smallest absolute Gasteiger partial charge is 0.0787 e. The molecule has 3 N–H and O–H groups in total. The summed E-state index contributed by atoms with van der Waals surface area (Å²) in [5, 5.41) is 9.38. The zero-order chi connectivity index (χ0) is 8.27. The summed E-state index contributed by atoms with van der Waals surface area (Å²) in [5.41, 5.74) is 7.15. The van der Waals surface area contributed by atoms with Crippen LogP contribution in [0.3, 0.4) is 0 Å². The Morgan fingerprint density at radius 2 is 1.91 bits per heavy atom. The number of nitrogens with two attached hydrogens (primary N) is 1. The summed E-state index contributed by atoms with van der Waals surface area (Å²) in [6, 6.07) is 7.30. The van der Waals surface area contributed by atoms with Crippen LogP contribution < -0.4 is 5.73 Å². The van der Waals surface area contributed by atoms with Crippen LogP contribution in [-0.4, -0.2) is 5.11 Å². The number of benzene rings is 1. The summed E-state index contributed by atoms with van der Waals surface area (Å²) >= 11 is 0. The summed E-state index contributed by atoms with van der Waals surface area (Å²) in [5.74, 6) is 0. The van der Waals surface area contributed by atoms with E-state index in [-0.39, 0.29) is 6.10 Å². The number of anilines is 1. The van der Waals surface area contributed by atoms with Crippen molar-refractivity contribution in [1.29, 1.82) is 0 Å². The summed E-state index contributed by atoms with van der Waals surface area (Å²) in [6.45, 7) is 1.95. The standard InChI is InChI=1S/C9H13NO/c1-2-9(11)7-3-5-8(10)6-4-7/h3-6,9,11H,2,10H2,1H3/t9-/m1/s1. The lowest BCUT2D eigenvalue weighted by atomic mass is 10.1. The van der Waals surface area contributed by atoms with E-state index in [9.17, 15) is 5.11 Å². The molecule has 1 rings (SSSR count). The van der Waals surface area contributed by atoms with E-state index in [4.69, 9.17) is 5.73 Å². The molecule has 1 atom stereocenters. The minimum atomic E-state index is -0.351. The van der Waals surface area contributed by atoms with Crippen molar-refractivity contribution < 1.29 is 5.11 Å². The quantitative estimate of drug-likeness (QED) is 0.632. The normalized spacial score (nSPS) is 12.9. The predicted octanol–water partition coefficient (Wildman–Crippen LogP) is 1.71. The van der Waals surface area contributed by atoms with E-state index in [0.29, 0.717) is 0 Å². The third-order valence-electron chi connectivity index (χ3n) is 1.71. The summed E-state index contributed by atoms with van der Waals surface area (Å²) in [4.78, 5) is 0. The fraction of sp³-hybridized carbons (Fsp3) is 0.333. The molecule has 0 saturated carbocycles. The Morgan fingerprint density at radius 1 is 1.36 bits per heavy atom. The van der Waals surface area contributed by atoms with E-state index in [1.165, 1.54) is 0 Å². The zero-order valence-corrected chi connectivity index (χ0v) is 6.62. The molecule has 0 fully saturated rings. The molecule has 0 heterocycles. The molecule has 0 aliphatic heterocycles. The van der Waals surface area contributed by atoms with E-state index in [2.05, 4.69) is 0 Å². The van der Waals surface area contributed by atoms with Gasteiger partial charge in [-0.3, -0.25) is 0 Å². The molecule has 0 radical (unpaired) electrons. The van der Waals surface area contributed by atoms with Gasteiger partial charge in [0, 0.05) is 5.69 Å². The first kappa shape index (κ1) is 8.08. The second-order valence-electron chi connectivity index (χ2n) is 2.59. The van der Waals surface area contributed by atoms with Gasteiger partial charge >= 0.3 is 0 Å². The van der Waals surface area contributed by atoms with E-state index in [1.807, 2.05) is 19.1 Å². The molecular formula is C9H13NO. The van der Waals surface area contributed by atoms with Crippen molar-refractivity contribution in [2.24, 2.45) is 0 Å². The van der Waals surface area contributed by atoms with Crippen molar-refractivity contribution in [3.63, 3.8) is 0 Å². The van der Waals surface area contributed by atoms with Crippen LogP contribution in [-0.2, 0) is 0 Å². The molecule has 0 amide bonds. The fourth-order valence-corrected chi connectivity index (χ4v) is 0.954. The van der Waals surface area contributed by atoms with Crippen LogP contribution in [0.25, 0.3) is 0 Å². The van der Waals surface area contributed by atoms with E-state index in [1.54, 1.807) is 12.1 Å². The second kappa shape index (κ2) is 3.39. The monoisotopic (exact) mass is 151 g/mol. The van der Waals surface area contributed by atoms with Gasteiger partial charge in [0.2, 0.25) is 0 Å². The highest BCUT2D eigenvalue weighted by molar-refractivity contribution is 5.39. The minimum Gasteiger partial charge on any atom is -0.399 e. The molecule has 0 aliphatic rings. The third kappa shape index (κ3) is 1.95. The predicted molar refractivity (Wildman–Crippen MR) is 46.1 cm³/mol. The van der Waals surface area contributed by atoms with Crippen LogP contribution in [0, 0.1) is 0 Å². The number of aliphatic hydroxyl groups excluding tert-OH is 1. The molecule has 0 spiro atoms. The lowest BCUT2D eigenvalue weighted by Crippen LogP contribution is -1.94. The number of hydrogen-bond donors (Lipinski definition) is 2. The van der Waals surface area contributed by atoms with Gasteiger partial charge in [0.05, 0.1) is 6.10 Å². The topological polar surface area (TPSA) is 46.2 Å². The van der Waals surface area contributed by atoms with Gasteiger partial charge in [-0.05, 0) is 24.1 Å². The first-order valence-electron chi connectivity index (χ1n) is 3.77. The Balaban J connectivity index is 2.81. The van der Waals surface area contributed by atoms with Crippen molar-refractivity contribution in [1.82, 2.24) is 0 Å². The molecular weight excluding hydrogens is 138 g/mol. The van der Waals surface area contributed by atoms with Crippen LogP contribution in [0.5, 0.6) is 0 Å². The van der Waals surface area contributed by atoms with Gasteiger partial charge in [-0.2, -0.15) is 0 Å². The molecule has 0 unspecified atom stereocenters. The molecule has 0 aliphatic carbocycles. The van der Waals surface area contributed by atoms with Gasteiger partial charge < -0.3 is 10.8 Å². The van der Waals surface area contributed by atoms with Crippen molar-refractivity contribution in [2.75, 3.05) is 5.73 Å². The molecule has 0 bridgehead atoms. The lowest BCUT2D eigenvalue weighted by molar-refractivity contribution is 0.173. The molecule has 1 aromatic carbocycles. The molecule has 60 valence electrons. The Kier molecular flexibility index (Phi) is 2.49. The van der Waals surface area contributed by atoms with Crippen LogP contribution in [0.15, 0.2) is 24.3 Å². The number of hydrogen-bond acceptors (Lipinski definition) is 2. The molecule has 1 aromatic rings. The maximum atomic E-state index is 9.38. The Bertz CT molecular complexity index is 218. The number of rotatable bonds is 2. The first-order valence-corrected chi connectivity index (χ1v) is 3.77. The average molecular weight is 151 g/mol. The summed E-state index contributed by atoms with van der Waals surface area (Å²) in [7, 11) is 0. The lowest BCUT2D eigenvalue weighted by Gasteiger charge is -2.06. The largest absolute Gasteiger partial charge is 0.399 e. The zero-order valence-electron chi connectivity index (χ0n) is 6.62. The molecule has 11 heavy (non-hydrogen) atoms. The van der Waals surface area contributed by atoms with Gasteiger partial charge in [0.25, 0.3) is 0 Å².